The standard InChI is InChI=1S/C19H38N6O/c1-7-8-9-11-19(3,4)15-22-18(20-12-10-13-26-6)21-14-17-24-23-16(2)25(17)5/h7-15H2,1-6H3,(H2,20,21,22). The molecule has 1 heterocycles. The number of methoxy groups -OCH3 is 1. The summed E-state index contributed by atoms with van der Waals surface area (Å²) in [7, 11) is 3.69. The number of ether oxygens (including phenoxy) is 1. The van der Waals surface area contributed by atoms with Crippen LogP contribution in [0.4, 0.5) is 0 Å². The van der Waals surface area contributed by atoms with Gasteiger partial charge in [-0.05, 0) is 25.2 Å². The van der Waals surface area contributed by atoms with Gasteiger partial charge in [0.1, 0.15) is 12.4 Å². The molecule has 7 nitrogen and oxygen atoms in total. The van der Waals surface area contributed by atoms with Gasteiger partial charge in [-0.15, -0.1) is 10.2 Å². The lowest BCUT2D eigenvalue weighted by Gasteiger charge is -2.26. The van der Waals surface area contributed by atoms with E-state index in [0.717, 1.165) is 43.7 Å². The van der Waals surface area contributed by atoms with Gasteiger partial charge in [-0.1, -0.05) is 40.0 Å². The lowest BCUT2D eigenvalue weighted by molar-refractivity contribution is 0.195. The Hall–Kier alpha value is -1.63. The maximum absolute atomic E-state index is 5.12. The quantitative estimate of drug-likeness (QED) is 0.338. The second-order valence-corrected chi connectivity index (χ2v) is 7.64. The van der Waals surface area contributed by atoms with E-state index in [-0.39, 0.29) is 5.41 Å². The number of rotatable bonds is 12. The average molecular weight is 367 g/mol. The highest BCUT2D eigenvalue weighted by Crippen LogP contribution is 2.22. The lowest BCUT2D eigenvalue weighted by atomic mass is 9.87. The first-order valence-corrected chi connectivity index (χ1v) is 9.75. The summed E-state index contributed by atoms with van der Waals surface area (Å²) in [5, 5.41) is 15.2. The number of unbranched alkanes of at least 4 members (excludes halogenated alkanes) is 2. The van der Waals surface area contributed by atoms with E-state index in [0.29, 0.717) is 6.54 Å². The van der Waals surface area contributed by atoms with E-state index >= 15 is 0 Å². The van der Waals surface area contributed by atoms with Gasteiger partial charge in [0.25, 0.3) is 0 Å². The Morgan fingerprint density at radius 3 is 2.58 bits per heavy atom. The Morgan fingerprint density at radius 2 is 1.96 bits per heavy atom. The molecule has 0 aromatic carbocycles. The van der Waals surface area contributed by atoms with Crippen LogP contribution in [0.15, 0.2) is 4.99 Å². The van der Waals surface area contributed by atoms with E-state index in [9.17, 15) is 0 Å². The molecule has 0 spiro atoms. The average Bonchev–Trinajstić information content (AvgIpc) is 2.92. The zero-order chi connectivity index (χ0) is 19.4. The molecule has 0 aliphatic carbocycles. The van der Waals surface area contributed by atoms with E-state index in [1.54, 1.807) is 7.11 Å². The fourth-order valence-corrected chi connectivity index (χ4v) is 2.60. The largest absolute Gasteiger partial charge is 0.385 e. The number of aromatic nitrogens is 3. The van der Waals surface area contributed by atoms with Crippen LogP contribution < -0.4 is 10.6 Å². The van der Waals surface area contributed by atoms with Gasteiger partial charge in [-0.25, -0.2) is 4.99 Å². The smallest absolute Gasteiger partial charge is 0.191 e. The molecule has 0 amide bonds. The van der Waals surface area contributed by atoms with Crippen LogP contribution in [0.5, 0.6) is 0 Å². The summed E-state index contributed by atoms with van der Waals surface area (Å²) in [4.78, 5) is 4.70. The van der Waals surface area contributed by atoms with Gasteiger partial charge in [-0.2, -0.15) is 0 Å². The van der Waals surface area contributed by atoms with Crippen LogP contribution >= 0.6 is 0 Å². The van der Waals surface area contributed by atoms with Crippen LogP contribution in [0, 0.1) is 12.3 Å². The number of hydrogen-bond donors (Lipinski definition) is 2. The first kappa shape index (κ1) is 22.4. The maximum atomic E-state index is 5.12. The first-order chi connectivity index (χ1) is 12.4. The van der Waals surface area contributed by atoms with Gasteiger partial charge in [0.05, 0.1) is 0 Å². The SMILES string of the molecule is CCCCCC(C)(C)CNC(=NCc1nnc(C)n1C)NCCCOC. The Balaban J connectivity index is 2.62. The summed E-state index contributed by atoms with van der Waals surface area (Å²) < 4.78 is 7.09. The van der Waals surface area contributed by atoms with Crippen molar-refractivity contribution in [3.05, 3.63) is 11.6 Å². The van der Waals surface area contributed by atoms with Crippen LogP contribution in [0.1, 0.15) is 64.5 Å². The normalized spacial score (nSPS) is 12.5. The van der Waals surface area contributed by atoms with E-state index < -0.39 is 0 Å². The Kier molecular flexibility index (Phi) is 10.2. The minimum absolute atomic E-state index is 0.242. The van der Waals surface area contributed by atoms with Crippen molar-refractivity contribution < 1.29 is 4.74 Å². The van der Waals surface area contributed by atoms with Crippen molar-refractivity contribution >= 4 is 5.96 Å². The molecule has 0 aliphatic rings. The molecule has 2 N–H and O–H groups in total. The van der Waals surface area contributed by atoms with Gasteiger partial charge in [0, 0.05) is 33.9 Å². The zero-order valence-corrected chi connectivity index (χ0v) is 17.6. The predicted molar refractivity (Wildman–Crippen MR) is 107 cm³/mol. The Morgan fingerprint density at radius 1 is 1.19 bits per heavy atom. The Bertz CT molecular complexity index is 538. The topological polar surface area (TPSA) is 76.4 Å². The van der Waals surface area contributed by atoms with Crippen molar-refractivity contribution in [1.82, 2.24) is 25.4 Å². The molecule has 0 unspecified atom stereocenters. The molecule has 0 fully saturated rings. The summed E-state index contributed by atoms with van der Waals surface area (Å²) in [5.41, 5.74) is 0.242. The van der Waals surface area contributed by atoms with Crippen molar-refractivity contribution in [3.8, 4) is 0 Å². The first-order valence-electron chi connectivity index (χ1n) is 9.75. The number of nitrogens with one attached hydrogen (secondary N) is 2. The second kappa shape index (κ2) is 11.9. The van der Waals surface area contributed by atoms with E-state index in [4.69, 9.17) is 9.73 Å². The molecule has 0 saturated carbocycles. The van der Waals surface area contributed by atoms with Crippen LogP contribution in [0.2, 0.25) is 0 Å². The van der Waals surface area contributed by atoms with Gasteiger partial charge in [-0.3, -0.25) is 0 Å². The Labute approximate surface area is 159 Å². The summed E-state index contributed by atoms with van der Waals surface area (Å²) >= 11 is 0. The van der Waals surface area contributed by atoms with Gasteiger partial charge >= 0.3 is 0 Å². The third-order valence-corrected chi connectivity index (χ3v) is 4.57. The van der Waals surface area contributed by atoms with E-state index in [1.165, 1.54) is 25.7 Å². The van der Waals surface area contributed by atoms with Crippen LogP contribution in [-0.2, 0) is 18.3 Å². The minimum Gasteiger partial charge on any atom is -0.385 e. The molecule has 1 aromatic rings. The highest BCUT2D eigenvalue weighted by atomic mass is 16.5. The predicted octanol–water partition coefficient (Wildman–Crippen LogP) is 2.80. The molecule has 150 valence electrons. The highest BCUT2D eigenvalue weighted by molar-refractivity contribution is 5.79. The van der Waals surface area contributed by atoms with Crippen molar-refractivity contribution in [1.29, 1.82) is 0 Å². The molecule has 7 heteroatoms. The van der Waals surface area contributed by atoms with Crippen molar-refractivity contribution in [2.45, 2.75) is 66.3 Å². The molecular weight excluding hydrogens is 328 g/mol. The molecule has 0 atom stereocenters. The number of guanidine groups is 1. The summed E-state index contributed by atoms with van der Waals surface area (Å²) in [6, 6.07) is 0. The zero-order valence-electron chi connectivity index (χ0n) is 17.6. The van der Waals surface area contributed by atoms with Crippen molar-refractivity contribution in [2.24, 2.45) is 17.5 Å². The van der Waals surface area contributed by atoms with Crippen LogP contribution in [0.25, 0.3) is 0 Å². The molecule has 26 heavy (non-hydrogen) atoms. The minimum atomic E-state index is 0.242. The maximum Gasteiger partial charge on any atom is 0.191 e. The number of aliphatic imine (C=N–C) groups is 1. The molecule has 1 aromatic heterocycles. The van der Waals surface area contributed by atoms with Gasteiger partial charge in [0.15, 0.2) is 11.8 Å². The van der Waals surface area contributed by atoms with Crippen LogP contribution in [-0.4, -0.2) is 47.5 Å². The lowest BCUT2D eigenvalue weighted by Crippen LogP contribution is -2.42. The summed E-state index contributed by atoms with van der Waals surface area (Å²) in [5.74, 6) is 2.59. The molecule has 1 rings (SSSR count). The summed E-state index contributed by atoms with van der Waals surface area (Å²) in [6.07, 6.45) is 5.99. The van der Waals surface area contributed by atoms with E-state index in [2.05, 4.69) is 41.6 Å². The third kappa shape index (κ3) is 8.65. The molecule has 0 bridgehead atoms. The fourth-order valence-electron chi connectivity index (χ4n) is 2.60. The number of nitrogens with zero attached hydrogens (tertiary/aromatic N) is 4. The van der Waals surface area contributed by atoms with Gasteiger partial charge in [0.2, 0.25) is 0 Å². The fraction of sp³-hybridized carbons (Fsp3) is 0.842. The van der Waals surface area contributed by atoms with Gasteiger partial charge < -0.3 is 19.9 Å². The van der Waals surface area contributed by atoms with E-state index in [1.807, 2.05) is 18.5 Å². The van der Waals surface area contributed by atoms with Crippen molar-refractivity contribution in [2.75, 3.05) is 26.8 Å². The number of aryl methyl sites for hydroxylation is 1. The monoisotopic (exact) mass is 366 g/mol. The highest BCUT2D eigenvalue weighted by Gasteiger charge is 2.17. The molecule has 0 aliphatic heterocycles. The third-order valence-electron chi connectivity index (χ3n) is 4.57. The molecule has 0 saturated heterocycles. The molecule has 0 radical (unpaired) electrons. The summed E-state index contributed by atoms with van der Waals surface area (Å²) in [6.45, 7) is 11.8. The second-order valence-electron chi connectivity index (χ2n) is 7.64. The van der Waals surface area contributed by atoms with Crippen LogP contribution in [0.3, 0.4) is 0 Å². The number of hydrogen-bond acceptors (Lipinski definition) is 4. The van der Waals surface area contributed by atoms with Crippen molar-refractivity contribution in [3.63, 3.8) is 0 Å². The molecular formula is C19H38N6O.